The number of urea groups is 1. The number of rotatable bonds is 5. The Morgan fingerprint density at radius 2 is 2.04 bits per heavy atom. The van der Waals surface area contributed by atoms with Gasteiger partial charge in [0.1, 0.15) is 0 Å². The van der Waals surface area contributed by atoms with Gasteiger partial charge >= 0.3 is 6.03 Å². The summed E-state index contributed by atoms with van der Waals surface area (Å²) in [4.78, 5) is 18.7. The topological polar surface area (TPSA) is 57.3 Å². The second kappa shape index (κ2) is 8.62. The molecule has 1 aliphatic rings. The molecule has 2 amide bonds. The van der Waals surface area contributed by atoms with E-state index in [1.165, 1.54) is 11.1 Å². The molecule has 2 aromatic rings. The minimum atomic E-state index is -0.109. The van der Waals surface area contributed by atoms with E-state index in [0.29, 0.717) is 6.54 Å². The van der Waals surface area contributed by atoms with Crippen LogP contribution >= 0.6 is 0 Å². The summed E-state index contributed by atoms with van der Waals surface area (Å²) in [6.07, 6.45) is 3.71. The summed E-state index contributed by atoms with van der Waals surface area (Å²) < 4.78 is 0. The third-order valence-electron chi connectivity index (χ3n) is 4.57. The zero-order chi connectivity index (χ0) is 17.5. The maximum Gasteiger partial charge on any atom is 0.315 e. The van der Waals surface area contributed by atoms with Gasteiger partial charge in [0.05, 0.1) is 12.2 Å². The Labute approximate surface area is 149 Å². The first kappa shape index (κ1) is 17.4. The number of aromatic nitrogens is 1. The van der Waals surface area contributed by atoms with Crippen LogP contribution in [0.3, 0.4) is 0 Å². The van der Waals surface area contributed by atoms with E-state index >= 15 is 0 Å². The average Bonchev–Trinajstić information content (AvgIpc) is 2.63. The largest absolute Gasteiger partial charge is 0.335 e. The summed E-state index contributed by atoms with van der Waals surface area (Å²) in [5.41, 5.74) is 3.53. The van der Waals surface area contributed by atoms with Crippen molar-refractivity contribution in [2.24, 2.45) is 0 Å². The fourth-order valence-corrected chi connectivity index (χ4v) is 3.21. The maximum absolute atomic E-state index is 12.0. The number of hydrogen-bond donors (Lipinski definition) is 2. The highest BCUT2D eigenvalue weighted by Gasteiger charge is 2.20. The summed E-state index contributed by atoms with van der Waals surface area (Å²) >= 11 is 0. The number of amides is 2. The summed E-state index contributed by atoms with van der Waals surface area (Å²) in [5.74, 6) is 0. The quantitative estimate of drug-likeness (QED) is 0.881. The Morgan fingerprint density at radius 1 is 1.20 bits per heavy atom. The van der Waals surface area contributed by atoms with Crippen molar-refractivity contribution in [1.29, 1.82) is 0 Å². The standard InChI is InChI=1S/C20H26N4O/c1-16-5-4-6-17(13-16)15-24-11-8-18(9-12-24)23-20(25)22-14-19-7-2-3-10-21-19/h2-7,10,13,18H,8-9,11-12,14-15H2,1H3,(H2,22,23,25). The number of hydrogen-bond acceptors (Lipinski definition) is 3. The molecule has 1 aromatic heterocycles. The van der Waals surface area contributed by atoms with Gasteiger partial charge in [-0.25, -0.2) is 4.79 Å². The first-order valence-electron chi connectivity index (χ1n) is 8.91. The number of likely N-dealkylation sites (tertiary alicyclic amines) is 1. The molecular formula is C20H26N4O. The van der Waals surface area contributed by atoms with Crippen molar-refractivity contribution in [3.8, 4) is 0 Å². The molecule has 0 radical (unpaired) electrons. The van der Waals surface area contributed by atoms with Crippen LogP contribution in [-0.4, -0.2) is 35.0 Å². The van der Waals surface area contributed by atoms with Gasteiger partial charge in [0.2, 0.25) is 0 Å². The molecule has 0 spiro atoms. The van der Waals surface area contributed by atoms with E-state index < -0.39 is 0 Å². The van der Waals surface area contributed by atoms with Crippen LogP contribution in [0.15, 0.2) is 48.7 Å². The van der Waals surface area contributed by atoms with Crippen molar-refractivity contribution in [2.75, 3.05) is 13.1 Å². The summed E-state index contributed by atoms with van der Waals surface area (Å²) in [7, 11) is 0. The van der Waals surface area contributed by atoms with Crippen LogP contribution in [0.25, 0.3) is 0 Å². The van der Waals surface area contributed by atoms with E-state index in [-0.39, 0.29) is 12.1 Å². The monoisotopic (exact) mass is 338 g/mol. The zero-order valence-corrected chi connectivity index (χ0v) is 14.7. The van der Waals surface area contributed by atoms with Crippen LogP contribution in [0.5, 0.6) is 0 Å². The maximum atomic E-state index is 12.0. The van der Waals surface area contributed by atoms with E-state index in [1.54, 1.807) is 6.20 Å². The van der Waals surface area contributed by atoms with Gasteiger partial charge in [-0.3, -0.25) is 9.88 Å². The molecular weight excluding hydrogens is 312 g/mol. The lowest BCUT2D eigenvalue weighted by molar-refractivity contribution is 0.186. The van der Waals surface area contributed by atoms with Crippen molar-refractivity contribution in [3.05, 3.63) is 65.5 Å². The van der Waals surface area contributed by atoms with Crippen molar-refractivity contribution >= 4 is 6.03 Å². The van der Waals surface area contributed by atoms with Gasteiger partial charge in [0.15, 0.2) is 0 Å². The number of piperidine rings is 1. The molecule has 132 valence electrons. The zero-order valence-electron chi connectivity index (χ0n) is 14.7. The molecule has 0 atom stereocenters. The second-order valence-corrected chi connectivity index (χ2v) is 6.69. The molecule has 2 heterocycles. The minimum absolute atomic E-state index is 0.109. The molecule has 5 nitrogen and oxygen atoms in total. The van der Waals surface area contributed by atoms with Crippen LogP contribution in [0.1, 0.15) is 29.7 Å². The Hall–Kier alpha value is -2.40. The summed E-state index contributed by atoms with van der Waals surface area (Å²) in [6, 6.07) is 14.5. The number of pyridine rings is 1. The number of aryl methyl sites for hydroxylation is 1. The Bertz CT molecular complexity index is 681. The lowest BCUT2D eigenvalue weighted by atomic mass is 10.0. The van der Waals surface area contributed by atoms with Crippen LogP contribution in [-0.2, 0) is 13.1 Å². The Morgan fingerprint density at radius 3 is 2.76 bits per heavy atom. The Balaban J connectivity index is 1.38. The van der Waals surface area contributed by atoms with Gasteiger partial charge < -0.3 is 10.6 Å². The smallest absolute Gasteiger partial charge is 0.315 e. The summed E-state index contributed by atoms with van der Waals surface area (Å²) in [5, 5.41) is 5.96. The van der Waals surface area contributed by atoms with E-state index in [4.69, 9.17) is 0 Å². The predicted octanol–water partition coefficient (Wildman–Crippen LogP) is 2.85. The predicted molar refractivity (Wildman–Crippen MR) is 99.1 cm³/mol. The molecule has 0 unspecified atom stereocenters. The first-order chi connectivity index (χ1) is 12.2. The van der Waals surface area contributed by atoms with Crippen molar-refractivity contribution in [3.63, 3.8) is 0 Å². The highest BCUT2D eigenvalue weighted by molar-refractivity contribution is 5.74. The van der Waals surface area contributed by atoms with Crippen LogP contribution in [0, 0.1) is 6.92 Å². The van der Waals surface area contributed by atoms with Gasteiger partial charge in [-0.15, -0.1) is 0 Å². The van der Waals surface area contributed by atoms with Gasteiger partial charge in [-0.2, -0.15) is 0 Å². The van der Waals surface area contributed by atoms with Crippen LogP contribution in [0.2, 0.25) is 0 Å². The fourth-order valence-electron chi connectivity index (χ4n) is 3.21. The molecule has 1 saturated heterocycles. The second-order valence-electron chi connectivity index (χ2n) is 6.69. The number of benzene rings is 1. The molecule has 5 heteroatoms. The van der Waals surface area contributed by atoms with Gasteiger partial charge in [0.25, 0.3) is 0 Å². The van der Waals surface area contributed by atoms with Gasteiger partial charge in [-0.05, 0) is 37.5 Å². The third kappa shape index (κ3) is 5.57. The van der Waals surface area contributed by atoms with E-state index in [1.807, 2.05) is 18.2 Å². The lowest BCUT2D eigenvalue weighted by Gasteiger charge is -2.32. The number of nitrogens with zero attached hydrogens (tertiary/aromatic N) is 2. The van der Waals surface area contributed by atoms with Gasteiger partial charge in [0, 0.05) is 31.9 Å². The Kier molecular flexibility index (Phi) is 6.01. The van der Waals surface area contributed by atoms with E-state index in [0.717, 1.165) is 38.2 Å². The normalized spacial score (nSPS) is 15.7. The highest BCUT2D eigenvalue weighted by Crippen LogP contribution is 2.14. The number of carbonyl (C=O) groups excluding carboxylic acids is 1. The van der Waals surface area contributed by atoms with Crippen LogP contribution < -0.4 is 10.6 Å². The number of carbonyl (C=O) groups is 1. The molecule has 1 fully saturated rings. The van der Waals surface area contributed by atoms with Crippen molar-refractivity contribution in [1.82, 2.24) is 20.5 Å². The van der Waals surface area contributed by atoms with Crippen molar-refractivity contribution < 1.29 is 4.79 Å². The molecule has 3 rings (SSSR count). The molecule has 0 bridgehead atoms. The first-order valence-corrected chi connectivity index (χ1v) is 8.91. The van der Waals surface area contributed by atoms with Gasteiger partial charge in [-0.1, -0.05) is 35.9 Å². The van der Waals surface area contributed by atoms with E-state index in [2.05, 4.69) is 51.7 Å². The fraction of sp³-hybridized carbons (Fsp3) is 0.400. The average molecular weight is 338 g/mol. The number of nitrogens with one attached hydrogen (secondary N) is 2. The SMILES string of the molecule is Cc1cccc(CN2CCC(NC(=O)NCc3ccccn3)CC2)c1. The molecule has 0 aliphatic carbocycles. The molecule has 1 aromatic carbocycles. The minimum Gasteiger partial charge on any atom is -0.335 e. The highest BCUT2D eigenvalue weighted by atomic mass is 16.2. The van der Waals surface area contributed by atoms with E-state index in [9.17, 15) is 4.79 Å². The molecule has 2 N–H and O–H groups in total. The van der Waals surface area contributed by atoms with Crippen LogP contribution in [0.4, 0.5) is 4.79 Å². The molecule has 25 heavy (non-hydrogen) atoms. The molecule has 1 aliphatic heterocycles. The lowest BCUT2D eigenvalue weighted by Crippen LogP contribution is -2.47. The third-order valence-corrected chi connectivity index (χ3v) is 4.57. The molecule has 0 saturated carbocycles. The summed E-state index contributed by atoms with van der Waals surface area (Å²) in [6.45, 7) is 5.60. The van der Waals surface area contributed by atoms with Crippen molar-refractivity contribution in [2.45, 2.75) is 38.9 Å².